The predicted octanol–water partition coefficient (Wildman–Crippen LogP) is 2.43. The van der Waals surface area contributed by atoms with Crippen molar-refractivity contribution in [2.24, 2.45) is 4.99 Å². The maximum absolute atomic E-state index is 5.06. The Balaban J connectivity index is 0.00000324. The quantitative estimate of drug-likeness (QED) is 0.321. The molecule has 1 saturated heterocycles. The highest BCUT2D eigenvalue weighted by molar-refractivity contribution is 14.0. The Morgan fingerprint density at radius 1 is 1.47 bits per heavy atom. The van der Waals surface area contributed by atoms with E-state index in [1.807, 2.05) is 0 Å². The van der Waals surface area contributed by atoms with Crippen LogP contribution in [-0.2, 0) is 4.74 Å². The van der Waals surface area contributed by atoms with Crippen molar-refractivity contribution in [3.05, 3.63) is 0 Å². The van der Waals surface area contributed by atoms with Crippen LogP contribution in [0.3, 0.4) is 0 Å². The molecule has 1 unspecified atom stereocenters. The summed E-state index contributed by atoms with van der Waals surface area (Å²) >= 11 is 2.09. The van der Waals surface area contributed by atoms with Gasteiger partial charge in [-0.15, -0.1) is 24.0 Å². The van der Waals surface area contributed by atoms with Crippen molar-refractivity contribution >= 4 is 41.7 Å². The molecule has 0 saturated carbocycles. The standard InChI is InChI=1S/C13H27N3OS.HI/c1-4-12-11-16(8-10-18-12)13(14-5-2)15-7-6-9-17-3;/h12H,4-11H2,1-3H3,(H,14,15);1H. The number of rotatable bonds is 6. The van der Waals surface area contributed by atoms with Crippen molar-refractivity contribution in [2.75, 3.05) is 45.6 Å². The smallest absolute Gasteiger partial charge is 0.193 e. The third kappa shape index (κ3) is 7.60. The average Bonchev–Trinajstić information content (AvgIpc) is 2.42. The molecule has 0 bridgehead atoms. The Hall–Kier alpha value is 0.310. The van der Waals surface area contributed by atoms with Crippen LogP contribution in [0.2, 0.25) is 0 Å². The van der Waals surface area contributed by atoms with E-state index in [9.17, 15) is 0 Å². The third-order valence-corrected chi connectivity index (χ3v) is 4.37. The first-order valence-corrected chi connectivity index (χ1v) is 8.00. The van der Waals surface area contributed by atoms with Crippen molar-refractivity contribution in [3.63, 3.8) is 0 Å². The zero-order chi connectivity index (χ0) is 13.2. The van der Waals surface area contributed by atoms with E-state index in [0.29, 0.717) is 0 Å². The normalized spacial score (nSPS) is 20.1. The number of thioether (sulfide) groups is 1. The largest absolute Gasteiger partial charge is 0.385 e. The van der Waals surface area contributed by atoms with Gasteiger partial charge in [-0.1, -0.05) is 6.92 Å². The van der Waals surface area contributed by atoms with Crippen LogP contribution in [0.5, 0.6) is 0 Å². The molecule has 0 spiro atoms. The molecule has 4 nitrogen and oxygen atoms in total. The van der Waals surface area contributed by atoms with Gasteiger partial charge in [0.05, 0.1) is 0 Å². The molecular weight excluding hydrogens is 373 g/mol. The molecule has 1 heterocycles. The second kappa shape index (κ2) is 12.1. The second-order valence-electron chi connectivity index (χ2n) is 4.43. The van der Waals surface area contributed by atoms with E-state index in [4.69, 9.17) is 4.74 Å². The lowest BCUT2D eigenvalue weighted by Gasteiger charge is -2.34. The molecule has 1 fully saturated rings. The summed E-state index contributed by atoms with van der Waals surface area (Å²) in [5.41, 5.74) is 0. The Bertz CT molecular complexity index is 254. The highest BCUT2D eigenvalue weighted by atomic mass is 127. The number of methoxy groups -OCH3 is 1. The maximum atomic E-state index is 5.06. The Kier molecular flexibility index (Phi) is 12.3. The number of hydrogen-bond donors (Lipinski definition) is 1. The third-order valence-electron chi connectivity index (χ3n) is 3.00. The lowest BCUT2D eigenvalue weighted by Crippen LogP contribution is -2.48. The lowest BCUT2D eigenvalue weighted by atomic mass is 10.3. The van der Waals surface area contributed by atoms with Gasteiger partial charge in [-0.05, 0) is 19.8 Å². The van der Waals surface area contributed by atoms with E-state index in [2.05, 4.69) is 40.8 Å². The number of nitrogens with zero attached hydrogens (tertiary/aromatic N) is 2. The summed E-state index contributed by atoms with van der Waals surface area (Å²) in [5.74, 6) is 2.29. The van der Waals surface area contributed by atoms with Crippen molar-refractivity contribution in [3.8, 4) is 0 Å². The number of hydrogen-bond acceptors (Lipinski definition) is 3. The average molecular weight is 401 g/mol. The number of nitrogens with one attached hydrogen (secondary N) is 1. The summed E-state index contributed by atoms with van der Waals surface area (Å²) in [6.07, 6.45) is 2.23. The van der Waals surface area contributed by atoms with E-state index >= 15 is 0 Å². The molecule has 0 aromatic heterocycles. The van der Waals surface area contributed by atoms with Gasteiger partial charge in [0.25, 0.3) is 0 Å². The first-order valence-electron chi connectivity index (χ1n) is 6.95. The number of ether oxygens (including phenoxy) is 1. The van der Waals surface area contributed by atoms with Gasteiger partial charge in [-0.2, -0.15) is 11.8 Å². The van der Waals surface area contributed by atoms with Gasteiger partial charge in [0.2, 0.25) is 0 Å². The van der Waals surface area contributed by atoms with Gasteiger partial charge in [0.15, 0.2) is 5.96 Å². The summed E-state index contributed by atoms with van der Waals surface area (Å²) in [7, 11) is 1.74. The predicted molar refractivity (Wildman–Crippen MR) is 96.0 cm³/mol. The minimum absolute atomic E-state index is 0. The lowest BCUT2D eigenvalue weighted by molar-refractivity contribution is 0.197. The van der Waals surface area contributed by atoms with Gasteiger partial charge in [-0.3, -0.25) is 4.99 Å². The van der Waals surface area contributed by atoms with Gasteiger partial charge >= 0.3 is 0 Å². The fraction of sp³-hybridized carbons (Fsp3) is 0.923. The van der Waals surface area contributed by atoms with Gasteiger partial charge in [0, 0.05) is 50.9 Å². The monoisotopic (exact) mass is 401 g/mol. The molecule has 0 aromatic rings. The first kappa shape index (κ1) is 19.3. The molecular formula is C13H28IN3OS. The topological polar surface area (TPSA) is 36.9 Å². The summed E-state index contributed by atoms with van der Waals surface area (Å²) in [6.45, 7) is 9.19. The molecule has 0 amide bonds. The molecule has 1 N–H and O–H groups in total. The van der Waals surface area contributed by atoms with Gasteiger partial charge in [0.1, 0.15) is 0 Å². The van der Waals surface area contributed by atoms with Gasteiger partial charge < -0.3 is 15.0 Å². The Morgan fingerprint density at radius 2 is 2.26 bits per heavy atom. The van der Waals surface area contributed by atoms with E-state index in [1.54, 1.807) is 7.11 Å². The Morgan fingerprint density at radius 3 is 2.89 bits per heavy atom. The summed E-state index contributed by atoms with van der Waals surface area (Å²) in [4.78, 5) is 7.09. The summed E-state index contributed by atoms with van der Waals surface area (Å²) < 4.78 is 5.06. The van der Waals surface area contributed by atoms with Crippen LogP contribution in [-0.4, -0.2) is 61.8 Å². The van der Waals surface area contributed by atoms with E-state index in [1.165, 1.54) is 12.2 Å². The van der Waals surface area contributed by atoms with Crippen LogP contribution in [0.4, 0.5) is 0 Å². The molecule has 0 aromatic carbocycles. The fourth-order valence-corrected chi connectivity index (χ4v) is 3.16. The van der Waals surface area contributed by atoms with Crippen molar-refractivity contribution in [1.29, 1.82) is 0 Å². The van der Waals surface area contributed by atoms with Crippen LogP contribution in [0.1, 0.15) is 26.7 Å². The molecule has 1 aliphatic rings. The molecule has 0 aliphatic carbocycles. The number of guanidine groups is 1. The Labute approximate surface area is 139 Å². The zero-order valence-corrected chi connectivity index (χ0v) is 15.5. The molecule has 0 radical (unpaired) electrons. The van der Waals surface area contributed by atoms with Crippen molar-refractivity contribution in [2.45, 2.75) is 31.9 Å². The van der Waals surface area contributed by atoms with Crippen LogP contribution < -0.4 is 5.32 Å². The highest BCUT2D eigenvalue weighted by Gasteiger charge is 2.21. The van der Waals surface area contributed by atoms with E-state index in [-0.39, 0.29) is 24.0 Å². The van der Waals surface area contributed by atoms with E-state index < -0.39 is 0 Å². The first-order chi connectivity index (χ1) is 8.81. The molecule has 1 atom stereocenters. The summed E-state index contributed by atoms with van der Waals surface area (Å²) in [5, 5.41) is 4.15. The SMILES string of the molecule is CCNC(=NCCCOC)N1CCSC(CC)C1.I. The van der Waals surface area contributed by atoms with Crippen molar-refractivity contribution in [1.82, 2.24) is 10.2 Å². The number of aliphatic imine (C=N–C) groups is 1. The zero-order valence-electron chi connectivity index (χ0n) is 12.4. The maximum Gasteiger partial charge on any atom is 0.193 e. The minimum Gasteiger partial charge on any atom is -0.385 e. The summed E-state index contributed by atoms with van der Waals surface area (Å²) in [6, 6.07) is 0. The molecule has 114 valence electrons. The van der Waals surface area contributed by atoms with Crippen molar-refractivity contribution < 1.29 is 4.74 Å². The van der Waals surface area contributed by atoms with Crippen LogP contribution >= 0.6 is 35.7 Å². The molecule has 1 aliphatic heterocycles. The minimum atomic E-state index is 0. The van der Waals surface area contributed by atoms with E-state index in [0.717, 1.165) is 50.4 Å². The van der Waals surface area contributed by atoms with Crippen LogP contribution in [0.15, 0.2) is 4.99 Å². The molecule has 19 heavy (non-hydrogen) atoms. The second-order valence-corrected chi connectivity index (χ2v) is 5.84. The molecule has 6 heteroatoms. The van der Waals surface area contributed by atoms with Gasteiger partial charge in [-0.25, -0.2) is 0 Å². The highest BCUT2D eigenvalue weighted by Crippen LogP contribution is 2.20. The van der Waals surface area contributed by atoms with Crippen LogP contribution in [0.25, 0.3) is 0 Å². The molecule has 1 rings (SSSR count). The van der Waals surface area contributed by atoms with Crippen LogP contribution in [0, 0.1) is 0 Å². The number of halogens is 1. The fourth-order valence-electron chi connectivity index (χ4n) is 1.98.